The summed E-state index contributed by atoms with van der Waals surface area (Å²) in [5.74, 6) is 0.916. The summed E-state index contributed by atoms with van der Waals surface area (Å²) in [5.41, 5.74) is 2.48. The van der Waals surface area contributed by atoms with E-state index in [2.05, 4.69) is 5.32 Å². The quantitative estimate of drug-likeness (QED) is 0.305. The summed E-state index contributed by atoms with van der Waals surface area (Å²) in [6.07, 6.45) is 0. The Hall–Kier alpha value is -3.47. The summed E-state index contributed by atoms with van der Waals surface area (Å²) in [5, 5.41) is 3.43. The van der Waals surface area contributed by atoms with Crippen molar-refractivity contribution in [1.82, 2.24) is 4.31 Å². The number of nitrogens with zero attached hydrogens (tertiary/aromatic N) is 2. The van der Waals surface area contributed by atoms with Crippen LogP contribution in [0.2, 0.25) is 5.02 Å². The molecule has 1 aliphatic heterocycles. The van der Waals surface area contributed by atoms with E-state index in [9.17, 15) is 13.2 Å². The molecule has 9 nitrogen and oxygen atoms in total. The number of nitrogens with one attached hydrogen (secondary N) is 1. The number of halogens is 1. The summed E-state index contributed by atoms with van der Waals surface area (Å²) < 4.78 is 45.1. The molecule has 11 heteroatoms. The Morgan fingerprint density at radius 1 is 0.878 bits per heavy atom. The average Bonchev–Trinajstić information content (AvgIpc) is 2.95. The van der Waals surface area contributed by atoms with E-state index >= 15 is 0 Å². The zero-order valence-corrected chi connectivity index (χ0v) is 25.3. The fourth-order valence-electron chi connectivity index (χ4n) is 4.66. The molecule has 1 fully saturated rings. The maximum absolute atomic E-state index is 13.5. The van der Waals surface area contributed by atoms with Gasteiger partial charge >= 0.3 is 0 Å². The second kappa shape index (κ2) is 13.5. The molecular weight excluding hydrogens is 566 g/mol. The molecule has 41 heavy (non-hydrogen) atoms. The van der Waals surface area contributed by atoms with Crippen LogP contribution in [0.15, 0.2) is 59.5 Å². The molecule has 0 spiro atoms. The molecule has 3 aromatic rings. The van der Waals surface area contributed by atoms with E-state index < -0.39 is 10.0 Å². The summed E-state index contributed by atoms with van der Waals surface area (Å²) in [4.78, 5) is 15.8. The fraction of sp³-hybridized carbons (Fsp3) is 0.367. The van der Waals surface area contributed by atoms with Crippen LogP contribution in [0.1, 0.15) is 36.7 Å². The molecule has 0 unspecified atom stereocenters. The standard InChI is InChI=1S/C30H36ClN3O6S/c1-5-38-26-19-22(20-27(39-6-2)29(26)40-7-3)30(35)32-25-10-8-9-24(31)28(25)33-15-17-34(18-16-33)41(36,37)23-13-11-21(4)12-14-23/h8-14,19-20H,5-7,15-18H2,1-4H3,(H,32,35). The predicted octanol–water partition coefficient (Wildman–Crippen LogP) is 5.61. The number of hydrogen-bond acceptors (Lipinski definition) is 7. The Morgan fingerprint density at radius 3 is 2.02 bits per heavy atom. The lowest BCUT2D eigenvalue weighted by Crippen LogP contribution is -2.49. The van der Waals surface area contributed by atoms with Crippen molar-refractivity contribution in [2.75, 3.05) is 56.2 Å². The maximum Gasteiger partial charge on any atom is 0.255 e. The third-order valence-electron chi connectivity index (χ3n) is 6.62. The van der Waals surface area contributed by atoms with Crippen molar-refractivity contribution < 1.29 is 27.4 Å². The Bertz CT molecular complexity index is 1450. The van der Waals surface area contributed by atoms with E-state index in [0.717, 1.165) is 5.56 Å². The molecule has 1 saturated heterocycles. The van der Waals surface area contributed by atoms with Crippen LogP contribution in [0.3, 0.4) is 0 Å². The van der Waals surface area contributed by atoms with E-state index in [1.165, 1.54) is 4.31 Å². The third kappa shape index (κ3) is 6.89. The van der Waals surface area contributed by atoms with Gasteiger partial charge in [-0.3, -0.25) is 4.79 Å². The second-order valence-electron chi connectivity index (χ2n) is 9.39. The Balaban J connectivity index is 1.56. The van der Waals surface area contributed by atoms with Crippen LogP contribution < -0.4 is 24.4 Å². The highest BCUT2D eigenvalue weighted by molar-refractivity contribution is 7.89. The van der Waals surface area contributed by atoms with Gasteiger partial charge in [-0.25, -0.2) is 8.42 Å². The SMILES string of the molecule is CCOc1cc(C(=O)Nc2cccc(Cl)c2N2CCN(S(=O)(=O)c3ccc(C)cc3)CC2)cc(OCC)c1OCC. The first kappa shape index (κ1) is 30.5. The Kier molecular flexibility index (Phi) is 10.0. The van der Waals surface area contributed by atoms with Gasteiger partial charge in [-0.2, -0.15) is 4.31 Å². The average molecular weight is 602 g/mol. The van der Waals surface area contributed by atoms with Gasteiger partial charge in [0, 0.05) is 31.7 Å². The topological polar surface area (TPSA) is 97.4 Å². The molecule has 1 amide bonds. The van der Waals surface area contributed by atoms with Gasteiger partial charge in [0.25, 0.3) is 5.91 Å². The van der Waals surface area contributed by atoms with Crippen LogP contribution in [-0.4, -0.2) is 64.6 Å². The minimum Gasteiger partial charge on any atom is -0.490 e. The number of para-hydroxylation sites is 1. The number of rotatable bonds is 11. The molecular formula is C30H36ClN3O6S. The number of benzene rings is 3. The van der Waals surface area contributed by atoms with Crippen LogP contribution in [0, 0.1) is 6.92 Å². The van der Waals surface area contributed by atoms with Crippen molar-refractivity contribution in [1.29, 1.82) is 0 Å². The lowest BCUT2D eigenvalue weighted by Gasteiger charge is -2.36. The lowest BCUT2D eigenvalue weighted by molar-refractivity contribution is 0.102. The van der Waals surface area contributed by atoms with E-state index in [0.29, 0.717) is 72.1 Å². The van der Waals surface area contributed by atoms with Gasteiger partial charge in [-0.05, 0) is 64.1 Å². The molecule has 0 aliphatic carbocycles. The molecule has 1 aliphatic rings. The zero-order valence-electron chi connectivity index (χ0n) is 23.8. The monoisotopic (exact) mass is 601 g/mol. The minimum absolute atomic E-state index is 0.274. The number of carbonyl (C=O) groups is 1. The van der Waals surface area contributed by atoms with Gasteiger partial charge in [-0.1, -0.05) is 35.4 Å². The normalized spacial score (nSPS) is 14.0. The zero-order chi connectivity index (χ0) is 29.6. The van der Waals surface area contributed by atoms with Crippen molar-refractivity contribution in [3.05, 3.63) is 70.7 Å². The number of carbonyl (C=O) groups excluding carboxylic acids is 1. The molecule has 1 N–H and O–H groups in total. The first-order valence-corrected chi connectivity index (χ1v) is 15.5. The van der Waals surface area contributed by atoms with Gasteiger partial charge in [0.2, 0.25) is 15.8 Å². The molecule has 0 saturated carbocycles. The van der Waals surface area contributed by atoms with Gasteiger partial charge in [0.05, 0.1) is 41.1 Å². The van der Waals surface area contributed by atoms with Crippen LogP contribution in [0.25, 0.3) is 0 Å². The maximum atomic E-state index is 13.5. The smallest absolute Gasteiger partial charge is 0.255 e. The van der Waals surface area contributed by atoms with Crippen molar-refractivity contribution in [3.8, 4) is 17.2 Å². The summed E-state index contributed by atoms with van der Waals surface area (Å²) in [6, 6.07) is 15.4. The van der Waals surface area contributed by atoms with E-state index in [1.807, 2.05) is 32.6 Å². The predicted molar refractivity (Wildman–Crippen MR) is 162 cm³/mol. The molecule has 0 radical (unpaired) electrons. The lowest BCUT2D eigenvalue weighted by atomic mass is 10.1. The van der Waals surface area contributed by atoms with Crippen molar-refractivity contribution in [2.24, 2.45) is 0 Å². The van der Waals surface area contributed by atoms with E-state index in [1.54, 1.807) is 54.6 Å². The summed E-state index contributed by atoms with van der Waals surface area (Å²) in [6.45, 7) is 10.1. The molecule has 4 rings (SSSR count). The van der Waals surface area contributed by atoms with Gasteiger partial charge in [0.1, 0.15) is 0 Å². The Morgan fingerprint density at radius 2 is 1.46 bits per heavy atom. The van der Waals surface area contributed by atoms with Gasteiger partial charge < -0.3 is 24.4 Å². The van der Waals surface area contributed by atoms with Crippen molar-refractivity contribution in [3.63, 3.8) is 0 Å². The van der Waals surface area contributed by atoms with Crippen LogP contribution >= 0.6 is 11.6 Å². The molecule has 0 atom stereocenters. The molecule has 0 aromatic heterocycles. The number of ether oxygens (including phenoxy) is 3. The van der Waals surface area contributed by atoms with Crippen molar-refractivity contribution >= 4 is 38.9 Å². The molecule has 220 valence electrons. The minimum atomic E-state index is -3.62. The summed E-state index contributed by atoms with van der Waals surface area (Å²) >= 11 is 6.64. The number of piperazine rings is 1. The van der Waals surface area contributed by atoms with Gasteiger partial charge in [0.15, 0.2) is 11.5 Å². The highest BCUT2D eigenvalue weighted by Gasteiger charge is 2.30. The Labute approximate surface area is 247 Å². The third-order valence-corrected chi connectivity index (χ3v) is 8.84. The number of anilines is 2. The highest BCUT2D eigenvalue weighted by Crippen LogP contribution is 2.40. The van der Waals surface area contributed by atoms with E-state index in [-0.39, 0.29) is 23.9 Å². The van der Waals surface area contributed by atoms with Gasteiger partial charge in [-0.15, -0.1) is 0 Å². The molecule has 0 bridgehead atoms. The van der Waals surface area contributed by atoms with Crippen LogP contribution in [-0.2, 0) is 10.0 Å². The van der Waals surface area contributed by atoms with Crippen molar-refractivity contribution in [2.45, 2.75) is 32.6 Å². The fourth-order valence-corrected chi connectivity index (χ4v) is 6.38. The van der Waals surface area contributed by atoms with Crippen LogP contribution in [0.4, 0.5) is 11.4 Å². The number of aryl methyl sites for hydroxylation is 1. The molecule has 1 heterocycles. The van der Waals surface area contributed by atoms with E-state index in [4.69, 9.17) is 25.8 Å². The number of hydrogen-bond donors (Lipinski definition) is 1. The first-order valence-electron chi connectivity index (χ1n) is 13.7. The number of sulfonamides is 1. The first-order chi connectivity index (χ1) is 19.7. The highest BCUT2D eigenvalue weighted by atomic mass is 35.5. The largest absolute Gasteiger partial charge is 0.490 e. The summed E-state index contributed by atoms with van der Waals surface area (Å²) in [7, 11) is -3.62. The van der Waals surface area contributed by atoms with Crippen LogP contribution in [0.5, 0.6) is 17.2 Å². The number of amides is 1. The molecule has 3 aromatic carbocycles. The second-order valence-corrected chi connectivity index (χ2v) is 11.7.